The molecule has 0 atom stereocenters. The lowest BCUT2D eigenvalue weighted by atomic mass is 10.3. The minimum Gasteiger partial charge on any atom is -0.424 e. The second-order valence-corrected chi connectivity index (χ2v) is 3.70. The van der Waals surface area contributed by atoms with Gasteiger partial charge in [0.2, 0.25) is 0 Å². The van der Waals surface area contributed by atoms with Gasteiger partial charge in [-0.2, -0.15) is 4.98 Å². The van der Waals surface area contributed by atoms with Gasteiger partial charge in [-0.05, 0) is 12.1 Å². The molecular weight excluding hydrogens is 218 g/mol. The molecule has 0 amide bonds. The van der Waals surface area contributed by atoms with Gasteiger partial charge >= 0.3 is 0 Å². The Morgan fingerprint density at radius 1 is 1.35 bits per heavy atom. The van der Waals surface area contributed by atoms with E-state index in [1.807, 2.05) is 35.9 Å². The zero-order valence-corrected chi connectivity index (χ0v) is 9.29. The molecule has 0 fully saturated rings. The number of nitrogens with zero attached hydrogens (tertiary/aromatic N) is 4. The third-order valence-corrected chi connectivity index (χ3v) is 2.50. The summed E-state index contributed by atoms with van der Waals surface area (Å²) in [5.41, 5.74) is 1.61. The highest BCUT2D eigenvalue weighted by molar-refractivity contribution is 5.74. The number of rotatable bonds is 3. The molecule has 6 heteroatoms. The van der Waals surface area contributed by atoms with Crippen molar-refractivity contribution in [2.45, 2.75) is 6.54 Å². The fourth-order valence-corrected chi connectivity index (χ4v) is 1.57. The lowest BCUT2D eigenvalue weighted by Crippen LogP contribution is -2.05. The molecule has 1 aromatic carbocycles. The Labute approximate surface area is 97.3 Å². The van der Waals surface area contributed by atoms with E-state index in [-0.39, 0.29) is 0 Å². The molecule has 17 heavy (non-hydrogen) atoms. The fourth-order valence-electron chi connectivity index (χ4n) is 1.57. The standard InChI is InChI=1S/C11H11N5O/c1-16-7-13-15-10(16)6-12-11-14-8-4-2-3-5-9(8)17-11/h2-5,7H,6H2,1H3,(H,12,14). The summed E-state index contributed by atoms with van der Waals surface area (Å²) < 4.78 is 7.37. The van der Waals surface area contributed by atoms with E-state index >= 15 is 0 Å². The predicted octanol–water partition coefficient (Wildman–Crippen LogP) is 1.57. The summed E-state index contributed by atoms with van der Waals surface area (Å²) in [5, 5.41) is 10.8. The van der Waals surface area contributed by atoms with Gasteiger partial charge in [0.25, 0.3) is 6.01 Å². The number of nitrogens with one attached hydrogen (secondary N) is 1. The van der Waals surface area contributed by atoms with Gasteiger partial charge in [-0.3, -0.25) is 0 Å². The van der Waals surface area contributed by atoms with Crippen molar-refractivity contribution in [3.63, 3.8) is 0 Å². The Hall–Kier alpha value is -2.37. The van der Waals surface area contributed by atoms with Gasteiger partial charge in [-0.25, -0.2) is 0 Å². The number of fused-ring (bicyclic) bond motifs is 1. The minimum absolute atomic E-state index is 0.495. The molecule has 2 heterocycles. The van der Waals surface area contributed by atoms with Crippen molar-refractivity contribution in [1.82, 2.24) is 19.7 Å². The number of oxazole rings is 1. The van der Waals surface area contributed by atoms with Crippen LogP contribution in [-0.2, 0) is 13.6 Å². The molecule has 0 unspecified atom stereocenters. The molecule has 0 saturated carbocycles. The van der Waals surface area contributed by atoms with Crippen LogP contribution in [0.5, 0.6) is 0 Å². The van der Waals surface area contributed by atoms with Crippen LogP contribution in [0.3, 0.4) is 0 Å². The summed E-state index contributed by atoms with van der Waals surface area (Å²) >= 11 is 0. The molecule has 86 valence electrons. The molecule has 3 aromatic rings. The van der Waals surface area contributed by atoms with Gasteiger partial charge in [-0.15, -0.1) is 10.2 Å². The maximum Gasteiger partial charge on any atom is 0.296 e. The van der Waals surface area contributed by atoms with Crippen LogP contribution in [0, 0.1) is 0 Å². The van der Waals surface area contributed by atoms with Crippen molar-refractivity contribution in [1.29, 1.82) is 0 Å². The molecule has 1 N–H and O–H groups in total. The van der Waals surface area contributed by atoms with Crippen molar-refractivity contribution in [3.8, 4) is 0 Å². The van der Waals surface area contributed by atoms with Crippen molar-refractivity contribution in [2.75, 3.05) is 5.32 Å². The highest BCUT2D eigenvalue weighted by Gasteiger charge is 2.06. The van der Waals surface area contributed by atoms with Crippen LogP contribution in [0.1, 0.15) is 5.82 Å². The molecule has 3 rings (SSSR count). The first-order valence-electron chi connectivity index (χ1n) is 5.25. The number of aryl methyl sites for hydroxylation is 1. The molecule has 0 saturated heterocycles. The zero-order chi connectivity index (χ0) is 11.7. The first-order valence-corrected chi connectivity index (χ1v) is 5.25. The second kappa shape index (κ2) is 3.89. The Balaban J connectivity index is 1.79. The third kappa shape index (κ3) is 1.84. The lowest BCUT2D eigenvalue weighted by Gasteiger charge is -1.99. The quantitative estimate of drug-likeness (QED) is 0.738. The monoisotopic (exact) mass is 229 g/mol. The summed E-state index contributed by atoms with van der Waals surface area (Å²) in [6.07, 6.45) is 1.66. The largest absolute Gasteiger partial charge is 0.424 e. The van der Waals surface area contributed by atoms with Gasteiger partial charge in [-0.1, -0.05) is 12.1 Å². The number of benzene rings is 1. The van der Waals surface area contributed by atoms with Gasteiger partial charge < -0.3 is 14.3 Å². The van der Waals surface area contributed by atoms with Crippen LogP contribution in [0.4, 0.5) is 6.01 Å². The van der Waals surface area contributed by atoms with Crippen molar-refractivity contribution >= 4 is 17.1 Å². The average molecular weight is 229 g/mol. The number of para-hydroxylation sites is 2. The predicted molar refractivity (Wildman–Crippen MR) is 62.3 cm³/mol. The van der Waals surface area contributed by atoms with Crippen molar-refractivity contribution in [2.24, 2.45) is 7.05 Å². The summed E-state index contributed by atoms with van der Waals surface area (Å²) in [4.78, 5) is 4.31. The first kappa shape index (κ1) is 9.83. The van der Waals surface area contributed by atoms with Gasteiger partial charge in [0.15, 0.2) is 11.4 Å². The molecule has 6 nitrogen and oxygen atoms in total. The van der Waals surface area contributed by atoms with Crippen LogP contribution < -0.4 is 5.32 Å². The van der Waals surface area contributed by atoms with Crippen molar-refractivity contribution < 1.29 is 4.42 Å². The molecule has 0 aliphatic rings. The highest BCUT2D eigenvalue weighted by atomic mass is 16.4. The fraction of sp³-hybridized carbons (Fsp3) is 0.182. The van der Waals surface area contributed by atoms with E-state index in [4.69, 9.17) is 4.42 Å². The molecule has 2 aromatic heterocycles. The summed E-state index contributed by atoms with van der Waals surface area (Å²) in [6, 6.07) is 8.13. The Morgan fingerprint density at radius 2 is 2.24 bits per heavy atom. The number of hydrogen-bond donors (Lipinski definition) is 1. The molecular formula is C11H11N5O. The van der Waals surface area contributed by atoms with E-state index in [1.54, 1.807) is 6.33 Å². The van der Waals surface area contributed by atoms with E-state index < -0.39 is 0 Å². The molecule has 0 aliphatic heterocycles. The topological polar surface area (TPSA) is 68.8 Å². The van der Waals surface area contributed by atoms with Crippen LogP contribution in [0.25, 0.3) is 11.1 Å². The lowest BCUT2D eigenvalue weighted by molar-refractivity contribution is 0.611. The highest BCUT2D eigenvalue weighted by Crippen LogP contribution is 2.18. The minimum atomic E-state index is 0.495. The molecule has 0 radical (unpaired) electrons. The Bertz CT molecular complexity index is 609. The average Bonchev–Trinajstić information content (AvgIpc) is 2.92. The molecule has 0 aliphatic carbocycles. The van der Waals surface area contributed by atoms with E-state index in [9.17, 15) is 0 Å². The smallest absolute Gasteiger partial charge is 0.296 e. The van der Waals surface area contributed by atoms with Gasteiger partial charge in [0, 0.05) is 7.05 Å². The second-order valence-electron chi connectivity index (χ2n) is 3.70. The van der Waals surface area contributed by atoms with Crippen LogP contribution in [-0.4, -0.2) is 19.7 Å². The van der Waals surface area contributed by atoms with Crippen LogP contribution >= 0.6 is 0 Å². The van der Waals surface area contributed by atoms with E-state index in [1.165, 1.54) is 0 Å². The number of hydrogen-bond acceptors (Lipinski definition) is 5. The summed E-state index contributed by atoms with van der Waals surface area (Å²) in [6.45, 7) is 0.531. The maximum absolute atomic E-state index is 5.53. The van der Waals surface area contributed by atoms with Crippen LogP contribution in [0.15, 0.2) is 35.0 Å². The van der Waals surface area contributed by atoms with E-state index in [0.717, 1.165) is 16.9 Å². The number of anilines is 1. The Kier molecular flexibility index (Phi) is 2.25. The molecule has 0 bridgehead atoms. The first-order chi connectivity index (χ1) is 8.33. The third-order valence-electron chi connectivity index (χ3n) is 2.50. The SMILES string of the molecule is Cn1cnnc1CNc1nc2ccccc2o1. The summed E-state index contributed by atoms with van der Waals surface area (Å²) in [7, 11) is 1.89. The normalized spacial score (nSPS) is 10.9. The number of aromatic nitrogens is 4. The maximum atomic E-state index is 5.53. The van der Waals surface area contributed by atoms with E-state index in [2.05, 4.69) is 20.5 Å². The Morgan fingerprint density at radius 3 is 3.00 bits per heavy atom. The van der Waals surface area contributed by atoms with E-state index in [0.29, 0.717) is 12.6 Å². The molecule has 0 spiro atoms. The zero-order valence-electron chi connectivity index (χ0n) is 9.29. The summed E-state index contributed by atoms with van der Waals surface area (Å²) in [5.74, 6) is 0.826. The van der Waals surface area contributed by atoms with Gasteiger partial charge in [0.05, 0.1) is 6.54 Å². The van der Waals surface area contributed by atoms with Gasteiger partial charge in [0.1, 0.15) is 11.8 Å². The van der Waals surface area contributed by atoms with Crippen LogP contribution in [0.2, 0.25) is 0 Å². The van der Waals surface area contributed by atoms with Crippen molar-refractivity contribution in [3.05, 3.63) is 36.4 Å².